The molecular formula is C24H38O3. The molecule has 4 aliphatic rings. The molecule has 152 valence electrons. The van der Waals surface area contributed by atoms with Gasteiger partial charge in [0.1, 0.15) is 5.78 Å². The molecule has 3 heteroatoms. The Bertz CT molecular complexity index is 598. The van der Waals surface area contributed by atoms with Gasteiger partial charge in [-0.2, -0.15) is 0 Å². The quantitative estimate of drug-likeness (QED) is 0.605. The molecule has 27 heavy (non-hydrogen) atoms. The molecule has 7 atom stereocenters. The Balaban J connectivity index is 1.51. The fourth-order valence-corrected chi connectivity index (χ4v) is 8.18. The van der Waals surface area contributed by atoms with Crippen molar-refractivity contribution in [3.05, 3.63) is 0 Å². The molecule has 0 aromatic heterocycles. The predicted octanol–water partition coefficient (Wildman–Crippen LogP) is 5.56. The number of carbonyl (C=O) groups is 2. The number of rotatable bonds is 4. The number of esters is 1. The van der Waals surface area contributed by atoms with E-state index >= 15 is 0 Å². The number of Topliss-reactive ketones (excluding diaryl/α,β-unsaturated/α-hetero) is 1. The minimum Gasteiger partial charge on any atom is -0.469 e. The van der Waals surface area contributed by atoms with Crippen LogP contribution >= 0.6 is 0 Å². The minimum absolute atomic E-state index is 0.117. The Hall–Kier alpha value is -0.860. The van der Waals surface area contributed by atoms with Crippen LogP contribution in [-0.4, -0.2) is 18.9 Å². The number of hydrogen-bond acceptors (Lipinski definition) is 3. The van der Waals surface area contributed by atoms with Crippen LogP contribution in [0.15, 0.2) is 0 Å². The summed E-state index contributed by atoms with van der Waals surface area (Å²) in [6, 6.07) is 0. The highest BCUT2D eigenvalue weighted by molar-refractivity contribution is 5.87. The number of fused-ring (bicyclic) bond motifs is 5. The molecule has 4 aliphatic carbocycles. The molecule has 0 amide bonds. The van der Waals surface area contributed by atoms with Gasteiger partial charge in [-0.15, -0.1) is 0 Å². The van der Waals surface area contributed by atoms with Crippen molar-refractivity contribution >= 4 is 11.8 Å². The number of ketones is 1. The Morgan fingerprint density at radius 1 is 1.07 bits per heavy atom. The zero-order valence-corrected chi connectivity index (χ0v) is 17.6. The summed E-state index contributed by atoms with van der Waals surface area (Å²) in [5, 5.41) is 0. The van der Waals surface area contributed by atoms with Gasteiger partial charge in [-0.3, -0.25) is 9.59 Å². The van der Waals surface area contributed by atoms with E-state index in [-0.39, 0.29) is 11.4 Å². The highest BCUT2D eigenvalue weighted by Gasteiger charge is 2.62. The number of carbonyl (C=O) groups excluding carboxylic acids is 2. The van der Waals surface area contributed by atoms with Gasteiger partial charge in [-0.05, 0) is 86.4 Å². The van der Waals surface area contributed by atoms with Gasteiger partial charge in [0.2, 0.25) is 0 Å². The van der Waals surface area contributed by atoms with Gasteiger partial charge in [0.25, 0.3) is 0 Å². The van der Waals surface area contributed by atoms with Gasteiger partial charge in [0.05, 0.1) is 7.11 Å². The van der Waals surface area contributed by atoms with Crippen LogP contribution in [0.5, 0.6) is 0 Å². The van der Waals surface area contributed by atoms with Crippen LogP contribution in [0, 0.1) is 40.4 Å². The van der Waals surface area contributed by atoms with Gasteiger partial charge < -0.3 is 4.74 Å². The molecule has 0 saturated heterocycles. The summed E-state index contributed by atoms with van der Waals surface area (Å²) in [7, 11) is 1.46. The summed E-state index contributed by atoms with van der Waals surface area (Å²) in [5.74, 6) is 3.76. The summed E-state index contributed by atoms with van der Waals surface area (Å²) in [6.07, 6.45) is 13.8. The monoisotopic (exact) mass is 374 g/mol. The molecule has 0 bridgehead atoms. The van der Waals surface area contributed by atoms with E-state index in [4.69, 9.17) is 4.74 Å². The topological polar surface area (TPSA) is 43.4 Å². The van der Waals surface area contributed by atoms with Gasteiger partial charge >= 0.3 is 5.97 Å². The third kappa shape index (κ3) is 2.99. The Morgan fingerprint density at radius 2 is 1.89 bits per heavy atom. The molecule has 7 unspecified atom stereocenters. The summed E-state index contributed by atoms with van der Waals surface area (Å²) in [4.78, 5) is 25.0. The molecule has 4 rings (SSSR count). The lowest BCUT2D eigenvalue weighted by Crippen LogP contribution is -2.56. The first-order valence-corrected chi connectivity index (χ1v) is 11.5. The maximum atomic E-state index is 13.5. The third-order valence-electron chi connectivity index (χ3n) is 9.79. The van der Waals surface area contributed by atoms with Gasteiger partial charge in [-0.25, -0.2) is 0 Å². The van der Waals surface area contributed by atoms with Gasteiger partial charge in [-0.1, -0.05) is 26.7 Å². The van der Waals surface area contributed by atoms with E-state index < -0.39 is 0 Å². The second-order valence-corrected chi connectivity index (χ2v) is 10.6. The lowest BCUT2D eigenvalue weighted by molar-refractivity contribution is -0.156. The molecule has 4 fully saturated rings. The van der Waals surface area contributed by atoms with Gasteiger partial charge in [0.15, 0.2) is 0 Å². The van der Waals surface area contributed by atoms with Crippen molar-refractivity contribution in [3.63, 3.8) is 0 Å². The summed E-state index contributed by atoms with van der Waals surface area (Å²) < 4.78 is 4.79. The van der Waals surface area contributed by atoms with Crippen molar-refractivity contribution in [1.82, 2.24) is 0 Å². The van der Waals surface area contributed by atoms with Crippen LogP contribution in [0.3, 0.4) is 0 Å². The zero-order valence-electron chi connectivity index (χ0n) is 17.6. The van der Waals surface area contributed by atoms with E-state index in [1.54, 1.807) is 0 Å². The second kappa shape index (κ2) is 7.19. The summed E-state index contributed by atoms with van der Waals surface area (Å²) in [5.41, 5.74) is 0.288. The van der Waals surface area contributed by atoms with E-state index in [0.717, 1.165) is 31.1 Å². The number of hydrogen-bond donors (Lipinski definition) is 0. The smallest absolute Gasteiger partial charge is 0.305 e. The van der Waals surface area contributed by atoms with E-state index in [2.05, 4.69) is 13.8 Å². The zero-order chi connectivity index (χ0) is 19.2. The lowest BCUT2D eigenvalue weighted by Gasteiger charge is -2.59. The summed E-state index contributed by atoms with van der Waals surface area (Å²) in [6.45, 7) is 4.83. The molecular weight excluding hydrogens is 336 g/mol. The predicted molar refractivity (Wildman–Crippen MR) is 106 cm³/mol. The Kier molecular flexibility index (Phi) is 5.18. The van der Waals surface area contributed by atoms with Crippen molar-refractivity contribution < 1.29 is 14.3 Å². The molecule has 0 aromatic carbocycles. The molecule has 0 aliphatic heterocycles. The molecule has 0 spiro atoms. The third-order valence-corrected chi connectivity index (χ3v) is 9.79. The maximum absolute atomic E-state index is 13.5. The van der Waals surface area contributed by atoms with Crippen LogP contribution in [0.4, 0.5) is 0 Å². The van der Waals surface area contributed by atoms with Crippen LogP contribution in [0.1, 0.15) is 90.9 Å². The Labute approximate surface area is 165 Å². The molecule has 0 radical (unpaired) electrons. The largest absolute Gasteiger partial charge is 0.469 e. The van der Waals surface area contributed by atoms with E-state index in [1.165, 1.54) is 58.5 Å². The standard InChI is InChI=1S/C24H38O3/c1-23-14-5-4-7-16(23)10-12-18-19-13-11-17(8-6-9-22(26)27-3)24(19,2)21(25)15-20(18)23/h16-20H,4-15H2,1-3H3. The van der Waals surface area contributed by atoms with Crippen LogP contribution in [-0.2, 0) is 14.3 Å². The fraction of sp³-hybridized carbons (Fsp3) is 0.917. The Morgan fingerprint density at radius 3 is 2.67 bits per heavy atom. The van der Waals surface area contributed by atoms with Crippen molar-refractivity contribution in [2.24, 2.45) is 40.4 Å². The average molecular weight is 375 g/mol. The molecule has 0 heterocycles. The lowest BCUT2D eigenvalue weighted by atomic mass is 9.44. The summed E-state index contributed by atoms with van der Waals surface area (Å²) >= 11 is 0. The second-order valence-electron chi connectivity index (χ2n) is 10.6. The van der Waals surface area contributed by atoms with Crippen molar-refractivity contribution in [3.8, 4) is 0 Å². The number of methoxy groups -OCH3 is 1. The average Bonchev–Trinajstić information content (AvgIpc) is 3.00. The van der Waals surface area contributed by atoms with Crippen molar-refractivity contribution in [2.75, 3.05) is 7.11 Å². The fourth-order valence-electron chi connectivity index (χ4n) is 8.18. The normalized spacial score (nSPS) is 46.3. The minimum atomic E-state index is -0.130. The highest BCUT2D eigenvalue weighted by Crippen LogP contribution is 2.66. The van der Waals surface area contributed by atoms with Crippen molar-refractivity contribution in [2.45, 2.75) is 90.9 Å². The highest BCUT2D eigenvalue weighted by atomic mass is 16.5. The molecule has 4 saturated carbocycles. The first-order chi connectivity index (χ1) is 12.9. The van der Waals surface area contributed by atoms with Crippen LogP contribution in [0.25, 0.3) is 0 Å². The van der Waals surface area contributed by atoms with Crippen LogP contribution < -0.4 is 0 Å². The SMILES string of the molecule is COC(=O)CCCC1CCC2C3CCC4CCCCC4(C)C3CC(=O)C12C. The van der Waals surface area contributed by atoms with E-state index in [1.807, 2.05) is 0 Å². The maximum Gasteiger partial charge on any atom is 0.305 e. The van der Waals surface area contributed by atoms with E-state index in [9.17, 15) is 9.59 Å². The molecule has 0 N–H and O–H groups in total. The molecule has 0 aromatic rings. The van der Waals surface area contributed by atoms with Gasteiger partial charge in [0, 0.05) is 18.3 Å². The van der Waals surface area contributed by atoms with Crippen LogP contribution in [0.2, 0.25) is 0 Å². The number of ether oxygens (including phenoxy) is 1. The van der Waals surface area contributed by atoms with E-state index in [0.29, 0.717) is 35.4 Å². The molecule has 3 nitrogen and oxygen atoms in total. The first-order valence-electron chi connectivity index (χ1n) is 11.5. The first kappa shape index (κ1) is 19.5. The van der Waals surface area contributed by atoms with Crippen molar-refractivity contribution in [1.29, 1.82) is 0 Å².